The van der Waals surface area contributed by atoms with Crippen LogP contribution in [0.15, 0.2) is 133 Å². The molecule has 9 nitrogen and oxygen atoms in total. The average molecular weight is 1870 g/mol. The van der Waals surface area contributed by atoms with Gasteiger partial charge < -0.3 is 24.8 Å². The van der Waals surface area contributed by atoms with E-state index in [1.165, 1.54) is 181 Å². The van der Waals surface area contributed by atoms with Crippen molar-refractivity contribution >= 4 is 106 Å². The summed E-state index contributed by atoms with van der Waals surface area (Å²) in [6, 6.07) is 51.6. The first kappa shape index (κ1) is 98.1. The van der Waals surface area contributed by atoms with Crippen LogP contribution in [-0.4, -0.2) is 19.9 Å². The summed E-state index contributed by atoms with van der Waals surface area (Å²) < 4.78 is 0. The molecule has 0 fully saturated rings. The van der Waals surface area contributed by atoms with E-state index in [9.17, 15) is 0 Å². The van der Waals surface area contributed by atoms with Crippen molar-refractivity contribution in [2.24, 2.45) is 0 Å². The number of rotatable bonds is 22. The van der Waals surface area contributed by atoms with E-state index < -0.39 is 0 Å². The van der Waals surface area contributed by atoms with Gasteiger partial charge in [0.15, 0.2) is 0 Å². The Morgan fingerprint density at radius 2 is 0.519 bits per heavy atom. The molecule has 16 bridgehead atoms. The van der Waals surface area contributed by atoms with E-state index in [0.717, 1.165) is 238 Å². The van der Waals surface area contributed by atoms with Crippen LogP contribution in [0.2, 0.25) is 0 Å². The summed E-state index contributed by atoms with van der Waals surface area (Å²) in [4.78, 5) is 51.1. The molecule has 13 aromatic rings. The van der Waals surface area contributed by atoms with Gasteiger partial charge in [0.05, 0.1) is 45.6 Å². The van der Waals surface area contributed by atoms with Crippen molar-refractivity contribution in [3.05, 3.63) is 296 Å². The number of unbranched alkanes of at least 4 members (excludes halogenated alkanes) is 3. The summed E-state index contributed by atoms with van der Waals surface area (Å²) >= 11 is 0. The molecule has 4 aliphatic rings. The fourth-order valence-electron chi connectivity index (χ4n) is 23.8. The van der Waals surface area contributed by atoms with Crippen molar-refractivity contribution in [2.45, 2.75) is 284 Å². The molecular weight excluding hydrogens is 1730 g/mol. The Kier molecular flexibility index (Phi) is 28.6. The number of nitrogens with zero attached hydrogens (tertiary/aromatic N) is 9. The molecule has 0 N–H and O–H groups in total. The van der Waals surface area contributed by atoms with E-state index in [1.807, 2.05) is 0 Å². The number of aromatic nitrogens is 8. The second-order valence-corrected chi connectivity index (χ2v) is 38.8. The normalized spacial score (nSPS) is 12.8. The number of allylic oxidation sites excluding steroid dienone is 8. The molecule has 11 heteroatoms. The van der Waals surface area contributed by atoms with Crippen LogP contribution in [0, 0.1) is 111 Å². The Morgan fingerprint density at radius 1 is 0.244 bits per heavy atom. The monoisotopic (exact) mass is 1870 g/mol. The number of benzene rings is 7. The summed E-state index contributed by atoms with van der Waals surface area (Å²) in [5.41, 5.74) is 66.5. The van der Waals surface area contributed by atoms with E-state index in [1.54, 1.807) is 0 Å². The first-order valence-corrected chi connectivity index (χ1v) is 49.5. The van der Waals surface area contributed by atoms with Crippen LogP contribution in [0.1, 0.15) is 304 Å². The number of hydrogen-bond donors (Lipinski definition) is 0. The number of aryl methyl sites for hydroxylation is 21. The van der Waals surface area contributed by atoms with Gasteiger partial charge in [-0.25, -0.2) is 19.9 Å². The topological polar surface area (TPSA) is 111 Å². The van der Waals surface area contributed by atoms with Crippen LogP contribution in [0.4, 0.5) is 17.1 Å². The SMILES string of the molecule is CCCCCCc1ccc(N(c2ccc(-c3c4nc(c(-c5c(C)cc(C)cc5C)c5[n-]c(cc6nc(c(-c7c(C)cc(C)cc7C)c7[n-]c3c(CC)c7C)C(C)=C6CC)c(CC)c5C)C(C)=C4CC)cc2)c2ccc(-c3c4nc(c(-c5c(C)cc(C)cc5C)c5[n-]c(cc6nc(c(-c7c(C)cc(C)cc7C)c7[n-]c3c(CC)c7C)C(C)=C6CC)c(CC)c5C)C(C)=C4CC)cc2)cc1.[Ni+2].[Ni+2]. The largest absolute Gasteiger partial charge is 2.00 e. The second kappa shape index (κ2) is 39.3. The van der Waals surface area contributed by atoms with Crippen LogP contribution in [0.25, 0.3) is 155 Å². The molecule has 4 aliphatic heterocycles. The van der Waals surface area contributed by atoms with Gasteiger partial charge in [0.25, 0.3) is 0 Å². The summed E-state index contributed by atoms with van der Waals surface area (Å²) in [5.74, 6) is 0. The Balaban J connectivity index is 0.00000694. The molecule has 7 aromatic carbocycles. The zero-order valence-corrected chi connectivity index (χ0v) is 87.5. The fraction of sp³-hybridized carbons (Fsp3) is 0.339. The quantitative estimate of drug-likeness (QED) is 0.0484. The average Bonchev–Trinajstić information content (AvgIpc) is 1.57. The van der Waals surface area contributed by atoms with Crippen LogP contribution in [-0.2, 0) is 65.1 Å². The molecule has 0 saturated carbocycles. The molecule has 696 valence electrons. The Hall–Kier alpha value is -11.5. The summed E-state index contributed by atoms with van der Waals surface area (Å²) in [6.45, 7) is 66.2. The summed E-state index contributed by atoms with van der Waals surface area (Å²) in [6.07, 6.45) is 12.0. The van der Waals surface area contributed by atoms with Gasteiger partial charge in [0, 0.05) is 17.1 Å². The standard InChI is InChI=1S/C124H135N9.2Ni/c1-30-39-40-41-42-85-43-49-88(50-44-85)133(89-51-45-86(46-52-89)107-121-95(35-6)81(26)117(129-121)109(103-69(14)55-65(10)56-70(103)15)113-77(22)91(31-2)99(125-113)63-100-92(32-3)78(23)114(126-100)110(104-71(16)57-66(11)58-72(104)17)118-82(27)96(36-7)122(107)130-118)90-53-47-87(48-54-90)108-123-97(37-8)83(28)119(131-123)111(105-73(18)59-67(12)60-74(105)19)115-79(24)93(33-4)101(127-115)64-102-94(34-5)80(25)116(128-102)112(106-75(20)61-68(13)62-76(106)21)120-84(29)98(38-9)124(108)132-120;;/h43-64H,30-42H2,1-29H3;;/q-4;2*+2. The number of hydrogen-bond acceptors (Lipinski definition) is 5. The smallest absolute Gasteiger partial charge is 0.657 e. The predicted octanol–water partition coefficient (Wildman–Crippen LogP) is 33.6. The second-order valence-electron chi connectivity index (χ2n) is 38.8. The third kappa shape index (κ3) is 16.9. The Morgan fingerprint density at radius 3 is 0.807 bits per heavy atom. The predicted molar refractivity (Wildman–Crippen MR) is 571 cm³/mol. The van der Waals surface area contributed by atoms with Crippen LogP contribution in [0.5, 0.6) is 0 Å². The Bertz CT molecular complexity index is 6890. The summed E-state index contributed by atoms with van der Waals surface area (Å²) in [5, 5.41) is 0. The van der Waals surface area contributed by atoms with E-state index in [0.29, 0.717) is 0 Å². The van der Waals surface area contributed by atoms with Crippen LogP contribution < -0.4 is 24.8 Å². The van der Waals surface area contributed by atoms with Gasteiger partial charge in [-0.05, 0) is 400 Å². The maximum atomic E-state index is 6.26. The molecular formula is C124H135N9Ni2. The number of anilines is 3. The molecule has 0 amide bonds. The van der Waals surface area contributed by atoms with Crippen molar-refractivity contribution in [1.82, 2.24) is 39.9 Å². The molecule has 6 aromatic heterocycles. The first-order valence-electron chi connectivity index (χ1n) is 49.5. The van der Waals surface area contributed by atoms with Gasteiger partial charge in [0.2, 0.25) is 0 Å². The zero-order chi connectivity index (χ0) is 94.6. The maximum absolute atomic E-state index is 6.26. The third-order valence-corrected chi connectivity index (χ3v) is 29.9. The molecule has 0 spiro atoms. The van der Waals surface area contributed by atoms with Crippen molar-refractivity contribution in [1.29, 1.82) is 0 Å². The molecule has 135 heavy (non-hydrogen) atoms. The first-order chi connectivity index (χ1) is 63.8. The minimum Gasteiger partial charge on any atom is -0.657 e. The molecule has 0 unspecified atom stereocenters. The third-order valence-electron chi connectivity index (χ3n) is 29.9. The molecule has 17 rings (SSSR count). The molecule has 0 atom stereocenters. The van der Waals surface area contributed by atoms with E-state index in [-0.39, 0.29) is 33.0 Å². The fourth-order valence-corrected chi connectivity index (χ4v) is 23.8. The zero-order valence-electron chi connectivity index (χ0n) is 85.6. The van der Waals surface area contributed by atoms with Gasteiger partial charge in [-0.2, -0.15) is 0 Å². The van der Waals surface area contributed by atoms with Crippen LogP contribution >= 0.6 is 0 Å². The molecule has 0 radical (unpaired) electrons. The van der Waals surface area contributed by atoms with Gasteiger partial charge in [-0.3, -0.25) is 0 Å². The van der Waals surface area contributed by atoms with Gasteiger partial charge >= 0.3 is 33.0 Å². The maximum Gasteiger partial charge on any atom is 2.00 e. The van der Waals surface area contributed by atoms with Crippen molar-refractivity contribution in [3.8, 4) is 66.8 Å². The summed E-state index contributed by atoms with van der Waals surface area (Å²) in [7, 11) is 0. The van der Waals surface area contributed by atoms with E-state index >= 15 is 0 Å². The molecule has 0 saturated heterocycles. The van der Waals surface area contributed by atoms with Crippen LogP contribution in [0.3, 0.4) is 0 Å². The van der Waals surface area contributed by atoms with Crippen molar-refractivity contribution < 1.29 is 33.0 Å². The minimum atomic E-state index is 0. The van der Waals surface area contributed by atoms with Gasteiger partial charge in [-0.1, -0.05) is 245 Å². The number of fused-ring (bicyclic) bond motifs is 16. The van der Waals surface area contributed by atoms with Gasteiger partial charge in [0.1, 0.15) is 0 Å². The van der Waals surface area contributed by atoms with Crippen molar-refractivity contribution in [2.75, 3.05) is 4.90 Å². The van der Waals surface area contributed by atoms with E-state index in [2.05, 4.69) is 339 Å². The minimum absolute atomic E-state index is 0. The molecule has 10 heterocycles. The molecule has 0 aliphatic carbocycles. The van der Waals surface area contributed by atoms with Crippen molar-refractivity contribution in [3.63, 3.8) is 0 Å². The Labute approximate surface area is 824 Å². The van der Waals surface area contributed by atoms with Gasteiger partial charge in [-0.15, -0.1) is 44.1 Å². The van der Waals surface area contributed by atoms with E-state index in [4.69, 9.17) is 39.9 Å².